The number of carbonyl (C=O) groups excluding carboxylic acids is 1. The highest BCUT2D eigenvalue weighted by atomic mass is 16.2. The van der Waals surface area contributed by atoms with Gasteiger partial charge >= 0.3 is 0 Å². The number of imidazole rings is 1. The summed E-state index contributed by atoms with van der Waals surface area (Å²) >= 11 is 0. The largest absolute Gasteiger partial charge is 0.354 e. The van der Waals surface area contributed by atoms with Crippen molar-refractivity contribution in [3.63, 3.8) is 0 Å². The summed E-state index contributed by atoms with van der Waals surface area (Å²) in [5.74, 6) is 1.46. The summed E-state index contributed by atoms with van der Waals surface area (Å²) in [6.45, 7) is 8.57. The summed E-state index contributed by atoms with van der Waals surface area (Å²) in [6, 6.07) is 1.09. The predicted molar refractivity (Wildman–Crippen MR) is 92.1 cm³/mol. The fourth-order valence-electron chi connectivity index (χ4n) is 2.40. The summed E-state index contributed by atoms with van der Waals surface area (Å²) in [6.07, 6.45) is 3.53. The van der Waals surface area contributed by atoms with Gasteiger partial charge in [0.1, 0.15) is 11.9 Å². The highest BCUT2D eigenvalue weighted by molar-refractivity contribution is 5.80. The van der Waals surface area contributed by atoms with Crippen LogP contribution in [-0.4, -0.2) is 38.5 Å². The Morgan fingerprint density at radius 2 is 2.08 bits per heavy atom. The minimum atomic E-state index is -0.332. The number of nitrogens with zero attached hydrogens (tertiary/aromatic N) is 3. The van der Waals surface area contributed by atoms with Crippen LogP contribution in [0.2, 0.25) is 0 Å². The number of amides is 1. The Bertz CT molecular complexity index is 749. The van der Waals surface area contributed by atoms with Gasteiger partial charge < -0.3 is 15.2 Å². The molecule has 0 aliphatic heterocycles. The van der Waals surface area contributed by atoms with Gasteiger partial charge in [-0.25, -0.2) is 9.97 Å². The van der Waals surface area contributed by atoms with Crippen LogP contribution in [-0.2, 0) is 4.79 Å². The molecule has 3 N–H and O–H groups in total. The molecule has 0 aliphatic rings. The number of H-pyrrole nitrogens is 1. The normalized spacial score (nSPS) is 12.2. The van der Waals surface area contributed by atoms with E-state index in [4.69, 9.17) is 0 Å². The third kappa shape index (κ3) is 4.43. The highest BCUT2D eigenvalue weighted by Crippen LogP contribution is 2.17. The molecule has 0 saturated carbocycles. The number of hydrogen-bond donors (Lipinski definition) is 3. The SMILES string of the molecule is Cc1cc(=O)[nH]c(NCCNC(=O)C(C)n2ccnc2C(C)C)n1. The molecule has 0 bridgehead atoms. The molecule has 0 aliphatic carbocycles. The van der Waals surface area contributed by atoms with Gasteiger partial charge in [0.2, 0.25) is 11.9 Å². The molecule has 8 nitrogen and oxygen atoms in total. The number of aromatic nitrogens is 4. The minimum absolute atomic E-state index is 0.0811. The molecule has 8 heteroatoms. The number of anilines is 1. The van der Waals surface area contributed by atoms with Crippen LogP contribution in [0.15, 0.2) is 23.3 Å². The monoisotopic (exact) mass is 332 g/mol. The zero-order chi connectivity index (χ0) is 17.7. The number of rotatable bonds is 7. The fraction of sp³-hybridized carbons (Fsp3) is 0.500. The topological polar surface area (TPSA) is 105 Å². The highest BCUT2D eigenvalue weighted by Gasteiger charge is 2.18. The lowest BCUT2D eigenvalue weighted by atomic mass is 10.2. The first-order valence-electron chi connectivity index (χ1n) is 8.00. The molecule has 2 rings (SSSR count). The van der Waals surface area contributed by atoms with Gasteiger partial charge in [-0.1, -0.05) is 13.8 Å². The van der Waals surface area contributed by atoms with Crippen LogP contribution in [0.3, 0.4) is 0 Å². The molecule has 130 valence electrons. The first kappa shape index (κ1) is 17.7. The van der Waals surface area contributed by atoms with Crippen molar-refractivity contribution in [3.05, 3.63) is 40.3 Å². The molecule has 0 radical (unpaired) electrons. The fourth-order valence-corrected chi connectivity index (χ4v) is 2.40. The first-order valence-corrected chi connectivity index (χ1v) is 8.00. The van der Waals surface area contributed by atoms with E-state index in [0.717, 1.165) is 5.82 Å². The second-order valence-corrected chi connectivity index (χ2v) is 5.98. The molecule has 24 heavy (non-hydrogen) atoms. The van der Waals surface area contributed by atoms with Crippen molar-refractivity contribution in [2.75, 3.05) is 18.4 Å². The van der Waals surface area contributed by atoms with Gasteiger partial charge in [0, 0.05) is 43.2 Å². The number of aryl methyl sites for hydroxylation is 1. The molecular weight excluding hydrogens is 308 g/mol. The molecule has 0 fully saturated rings. The molecule has 2 aromatic rings. The lowest BCUT2D eigenvalue weighted by molar-refractivity contribution is -0.123. The van der Waals surface area contributed by atoms with Gasteiger partial charge in [-0.3, -0.25) is 14.6 Å². The summed E-state index contributed by atoms with van der Waals surface area (Å²) in [4.78, 5) is 34.7. The number of carbonyl (C=O) groups is 1. The minimum Gasteiger partial charge on any atom is -0.354 e. The van der Waals surface area contributed by atoms with Gasteiger partial charge in [-0.05, 0) is 13.8 Å². The van der Waals surface area contributed by atoms with Crippen LogP contribution < -0.4 is 16.2 Å². The lowest BCUT2D eigenvalue weighted by Crippen LogP contribution is -2.35. The van der Waals surface area contributed by atoms with E-state index >= 15 is 0 Å². The average Bonchev–Trinajstić information content (AvgIpc) is 2.99. The zero-order valence-electron chi connectivity index (χ0n) is 14.5. The molecular formula is C16H24N6O2. The molecule has 2 heterocycles. The average molecular weight is 332 g/mol. The van der Waals surface area contributed by atoms with E-state index in [-0.39, 0.29) is 23.4 Å². The quantitative estimate of drug-likeness (QED) is 0.661. The van der Waals surface area contributed by atoms with Crippen LogP contribution in [0.5, 0.6) is 0 Å². The van der Waals surface area contributed by atoms with E-state index in [9.17, 15) is 9.59 Å². The Hall–Kier alpha value is -2.64. The maximum atomic E-state index is 12.3. The van der Waals surface area contributed by atoms with Crippen molar-refractivity contribution in [3.8, 4) is 0 Å². The van der Waals surface area contributed by atoms with Crippen LogP contribution in [0, 0.1) is 6.92 Å². The number of aromatic amines is 1. The third-order valence-corrected chi connectivity index (χ3v) is 3.60. The Labute approximate surface area is 140 Å². The van der Waals surface area contributed by atoms with Crippen LogP contribution in [0.4, 0.5) is 5.95 Å². The van der Waals surface area contributed by atoms with E-state index < -0.39 is 0 Å². The van der Waals surface area contributed by atoms with Crippen molar-refractivity contribution in [2.45, 2.75) is 39.7 Å². The van der Waals surface area contributed by atoms with Gasteiger partial charge in [-0.2, -0.15) is 0 Å². The van der Waals surface area contributed by atoms with E-state index in [1.54, 1.807) is 13.1 Å². The Morgan fingerprint density at radius 1 is 1.33 bits per heavy atom. The summed E-state index contributed by atoms with van der Waals surface area (Å²) < 4.78 is 1.88. The molecule has 0 saturated heterocycles. The van der Waals surface area contributed by atoms with E-state index in [1.165, 1.54) is 6.07 Å². The molecule has 1 unspecified atom stereocenters. The number of hydrogen-bond acceptors (Lipinski definition) is 5. The van der Waals surface area contributed by atoms with E-state index in [2.05, 4.69) is 25.6 Å². The Morgan fingerprint density at radius 3 is 2.75 bits per heavy atom. The predicted octanol–water partition coefficient (Wildman–Crippen LogP) is 1.19. The van der Waals surface area contributed by atoms with E-state index in [0.29, 0.717) is 24.7 Å². The Kier molecular flexibility index (Phi) is 5.73. The van der Waals surface area contributed by atoms with Crippen molar-refractivity contribution >= 4 is 11.9 Å². The zero-order valence-corrected chi connectivity index (χ0v) is 14.5. The third-order valence-electron chi connectivity index (χ3n) is 3.60. The summed E-state index contributed by atoms with van der Waals surface area (Å²) in [5, 5.41) is 5.85. The molecule has 0 aromatic carbocycles. The van der Waals surface area contributed by atoms with Crippen LogP contribution in [0.25, 0.3) is 0 Å². The first-order chi connectivity index (χ1) is 11.4. The van der Waals surface area contributed by atoms with Gasteiger partial charge in [0.05, 0.1) is 0 Å². The van der Waals surface area contributed by atoms with Crippen molar-refractivity contribution < 1.29 is 4.79 Å². The van der Waals surface area contributed by atoms with Gasteiger partial charge in [0.15, 0.2) is 0 Å². The van der Waals surface area contributed by atoms with E-state index in [1.807, 2.05) is 31.5 Å². The standard InChI is InChI=1S/C16H24N6O2/c1-10(2)14-17-7-8-22(14)12(4)15(24)18-5-6-19-16-20-11(3)9-13(23)21-16/h7-10,12H,5-6H2,1-4H3,(H,18,24)(H2,19,20,21,23). The molecule has 2 aromatic heterocycles. The molecule has 1 atom stereocenters. The lowest BCUT2D eigenvalue weighted by Gasteiger charge is -2.18. The maximum Gasteiger partial charge on any atom is 0.252 e. The second-order valence-electron chi connectivity index (χ2n) is 5.98. The van der Waals surface area contributed by atoms with Crippen molar-refractivity contribution in [2.24, 2.45) is 0 Å². The summed E-state index contributed by atoms with van der Waals surface area (Å²) in [7, 11) is 0. The maximum absolute atomic E-state index is 12.3. The number of nitrogens with one attached hydrogen (secondary N) is 3. The van der Waals surface area contributed by atoms with Crippen molar-refractivity contribution in [1.82, 2.24) is 24.8 Å². The van der Waals surface area contributed by atoms with Crippen LogP contribution in [0.1, 0.15) is 44.2 Å². The molecule has 0 spiro atoms. The van der Waals surface area contributed by atoms with Crippen molar-refractivity contribution in [1.29, 1.82) is 0 Å². The Balaban J connectivity index is 1.84. The van der Waals surface area contributed by atoms with Gasteiger partial charge in [-0.15, -0.1) is 0 Å². The smallest absolute Gasteiger partial charge is 0.252 e. The van der Waals surface area contributed by atoms with Crippen LogP contribution >= 0.6 is 0 Å². The molecule has 1 amide bonds. The van der Waals surface area contributed by atoms with Gasteiger partial charge in [0.25, 0.3) is 5.56 Å². The second kappa shape index (κ2) is 7.76. The summed E-state index contributed by atoms with van der Waals surface area (Å²) in [5.41, 5.74) is 0.434.